The molecule has 0 saturated carbocycles. The number of hydrogen-bond donors (Lipinski definition) is 1. The Balaban J connectivity index is 1.59. The minimum Gasteiger partial charge on any atom is -0.491 e. The van der Waals surface area contributed by atoms with Crippen LogP contribution in [0.5, 0.6) is 5.75 Å². The summed E-state index contributed by atoms with van der Waals surface area (Å²) in [6.07, 6.45) is -0.722. The van der Waals surface area contributed by atoms with Gasteiger partial charge in [0.15, 0.2) is 0 Å². The van der Waals surface area contributed by atoms with Crippen molar-refractivity contribution in [1.29, 1.82) is 0 Å². The van der Waals surface area contributed by atoms with Gasteiger partial charge >= 0.3 is 0 Å². The summed E-state index contributed by atoms with van der Waals surface area (Å²) in [5.41, 5.74) is 4.24. The molecule has 130 valence electrons. The van der Waals surface area contributed by atoms with E-state index < -0.39 is 6.10 Å². The van der Waals surface area contributed by atoms with Crippen LogP contribution in [-0.2, 0) is 6.54 Å². The van der Waals surface area contributed by atoms with Crippen molar-refractivity contribution in [3.05, 3.63) is 59.2 Å². The number of aryl methyl sites for hydroxylation is 3. The van der Waals surface area contributed by atoms with E-state index in [1.165, 1.54) is 10.4 Å². The van der Waals surface area contributed by atoms with Gasteiger partial charge in [-0.3, -0.25) is 0 Å². The first-order valence-electron chi connectivity index (χ1n) is 8.24. The van der Waals surface area contributed by atoms with E-state index in [1.54, 1.807) is 0 Å². The Labute approximate surface area is 147 Å². The molecular weight excluding hydrogens is 316 g/mol. The zero-order valence-corrected chi connectivity index (χ0v) is 14.7. The molecule has 0 saturated heterocycles. The topological polar surface area (TPSA) is 73.1 Å². The molecule has 6 nitrogen and oxygen atoms in total. The van der Waals surface area contributed by atoms with Crippen LogP contribution in [0.4, 0.5) is 0 Å². The number of aromatic nitrogens is 4. The molecule has 1 N–H and O–H groups in total. The Morgan fingerprint density at radius 2 is 1.76 bits per heavy atom. The average molecular weight is 338 g/mol. The van der Waals surface area contributed by atoms with E-state index in [4.69, 9.17) is 4.74 Å². The van der Waals surface area contributed by atoms with E-state index in [9.17, 15) is 5.11 Å². The molecule has 0 fully saturated rings. The maximum Gasteiger partial charge on any atom is 0.204 e. The van der Waals surface area contributed by atoms with Crippen molar-refractivity contribution in [2.24, 2.45) is 0 Å². The number of nitrogens with zero attached hydrogens (tertiary/aromatic N) is 4. The van der Waals surface area contributed by atoms with Crippen molar-refractivity contribution in [2.45, 2.75) is 33.4 Å². The van der Waals surface area contributed by atoms with Crippen molar-refractivity contribution in [1.82, 2.24) is 20.2 Å². The standard InChI is InChI=1S/C19H22N4O2/c1-13-5-8-16(9-6-13)19-20-22-23(21-19)11-17(24)12-25-18-10-14(2)4-7-15(18)3/h4-10,17,24H,11-12H2,1-3H3/t17-/m0/s1. The lowest BCUT2D eigenvalue weighted by molar-refractivity contribution is 0.0846. The highest BCUT2D eigenvalue weighted by atomic mass is 16.5. The lowest BCUT2D eigenvalue weighted by atomic mass is 10.1. The van der Waals surface area contributed by atoms with Gasteiger partial charge in [-0.05, 0) is 43.2 Å². The molecule has 0 unspecified atom stereocenters. The molecule has 6 heteroatoms. The van der Waals surface area contributed by atoms with Crippen LogP contribution in [0.25, 0.3) is 11.4 Å². The van der Waals surface area contributed by atoms with Crippen LogP contribution in [0.2, 0.25) is 0 Å². The Morgan fingerprint density at radius 3 is 2.52 bits per heavy atom. The van der Waals surface area contributed by atoms with E-state index in [0.717, 1.165) is 22.4 Å². The van der Waals surface area contributed by atoms with Gasteiger partial charge < -0.3 is 9.84 Å². The summed E-state index contributed by atoms with van der Waals surface area (Å²) in [7, 11) is 0. The second kappa shape index (κ2) is 7.44. The molecule has 25 heavy (non-hydrogen) atoms. The largest absolute Gasteiger partial charge is 0.491 e. The maximum absolute atomic E-state index is 10.2. The monoisotopic (exact) mass is 338 g/mol. The minimum atomic E-state index is -0.722. The third-order valence-electron chi connectivity index (χ3n) is 3.91. The molecule has 0 aliphatic rings. The van der Waals surface area contributed by atoms with Crippen molar-refractivity contribution in [3.8, 4) is 17.1 Å². The predicted octanol–water partition coefficient (Wildman–Crippen LogP) is 2.71. The van der Waals surface area contributed by atoms with Gasteiger partial charge in [-0.15, -0.1) is 10.2 Å². The van der Waals surface area contributed by atoms with Crippen molar-refractivity contribution < 1.29 is 9.84 Å². The third kappa shape index (κ3) is 4.42. The first kappa shape index (κ1) is 17.1. The summed E-state index contributed by atoms with van der Waals surface area (Å²) < 4.78 is 5.72. The highest BCUT2D eigenvalue weighted by Gasteiger charge is 2.12. The summed E-state index contributed by atoms with van der Waals surface area (Å²) in [4.78, 5) is 1.40. The number of aliphatic hydroxyl groups excluding tert-OH is 1. The summed E-state index contributed by atoms with van der Waals surface area (Å²) in [5, 5.41) is 22.5. The van der Waals surface area contributed by atoms with E-state index in [0.29, 0.717) is 5.82 Å². The Morgan fingerprint density at radius 1 is 1.04 bits per heavy atom. The third-order valence-corrected chi connectivity index (χ3v) is 3.91. The highest BCUT2D eigenvalue weighted by molar-refractivity contribution is 5.53. The van der Waals surface area contributed by atoms with Gasteiger partial charge in [0, 0.05) is 5.56 Å². The van der Waals surface area contributed by atoms with Crippen LogP contribution >= 0.6 is 0 Å². The first-order chi connectivity index (χ1) is 12.0. The number of hydrogen-bond acceptors (Lipinski definition) is 5. The lowest BCUT2D eigenvalue weighted by Gasteiger charge is -2.13. The van der Waals surface area contributed by atoms with Gasteiger partial charge in [0.1, 0.15) is 18.5 Å². The molecule has 1 atom stereocenters. The molecule has 0 aliphatic carbocycles. The molecule has 0 spiro atoms. The molecule has 0 aliphatic heterocycles. The maximum atomic E-state index is 10.2. The minimum absolute atomic E-state index is 0.172. The molecule has 0 bridgehead atoms. The first-order valence-corrected chi connectivity index (χ1v) is 8.24. The van der Waals surface area contributed by atoms with Crippen LogP contribution in [0.15, 0.2) is 42.5 Å². The summed E-state index contributed by atoms with van der Waals surface area (Å²) in [6, 6.07) is 13.9. The van der Waals surface area contributed by atoms with Crippen LogP contribution in [0.3, 0.4) is 0 Å². The van der Waals surface area contributed by atoms with Crippen LogP contribution in [0, 0.1) is 20.8 Å². The van der Waals surface area contributed by atoms with Crippen LogP contribution < -0.4 is 4.74 Å². The number of ether oxygens (including phenoxy) is 1. The van der Waals surface area contributed by atoms with Gasteiger partial charge in [0.2, 0.25) is 5.82 Å². The smallest absolute Gasteiger partial charge is 0.204 e. The van der Waals surface area contributed by atoms with Gasteiger partial charge in [0.25, 0.3) is 0 Å². The summed E-state index contributed by atoms with van der Waals surface area (Å²) in [6.45, 7) is 6.42. The average Bonchev–Trinajstić information content (AvgIpc) is 3.05. The van der Waals surface area contributed by atoms with Crippen molar-refractivity contribution in [2.75, 3.05) is 6.61 Å². The van der Waals surface area contributed by atoms with Crippen molar-refractivity contribution >= 4 is 0 Å². The van der Waals surface area contributed by atoms with Gasteiger partial charge in [-0.2, -0.15) is 4.80 Å². The fourth-order valence-corrected chi connectivity index (χ4v) is 2.43. The van der Waals surface area contributed by atoms with Gasteiger partial charge in [0.05, 0.1) is 6.54 Å². The molecule has 0 radical (unpaired) electrons. The molecule has 3 aromatic rings. The van der Waals surface area contributed by atoms with Gasteiger partial charge in [-0.1, -0.05) is 42.0 Å². The van der Waals surface area contributed by atoms with Crippen LogP contribution in [-0.4, -0.2) is 38.0 Å². The molecule has 3 rings (SSSR count). The molecule has 1 aromatic heterocycles. The fraction of sp³-hybridized carbons (Fsp3) is 0.316. The van der Waals surface area contributed by atoms with Crippen LogP contribution in [0.1, 0.15) is 16.7 Å². The summed E-state index contributed by atoms with van der Waals surface area (Å²) in [5.74, 6) is 1.33. The second-order valence-corrected chi connectivity index (χ2v) is 6.27. The molecule has 1 heterocycles. The molecule has 0 amide bonds. The predicted molar refractivity (Wildman–Crippen MR) is 95.4 cm³/mol. The number of rotatable bonds is 6. The lowest BCUT2D eigenvalue weighted by Crippen LogP contribution is -2.25. The number of benzene rings is 2. The Hall–Kier alpha value is -2.73. The number of aliphatic hydroxyl groups is 1. The normalized spacial score (nSPS) is 12.2. The highest BCUT2D eigenvalue weighted by Crippen LogP contribution is 2.19. The SMILES string of the molecule is Cc1ccc(-c2nnn(C[C@H](O)COc3cc(C)ccc3C)n2)cc1. The van der Waals surface area contributed by atoms with E-state index in [-0.39, 0.29) is 13.2 Å². The molecule has 2 aromatic carbocycles. The van der Waals surface area contributed by atoms with E-state index in [1.807, 2.05) is 63.2 Å². The summed E-state index contributed by atoms with van der Waals surface area (Å²) >= 11 is 0. The van der Waals surface area contributed by atoms with E-state index >= 15 is 0 Å². The Kier molecular flexibility index (Phi) is 5.09. The Bertz CT molecular complexity index is 843. The fourth-order valence-electron chi connectivity index (χ4n) is 2.43. The quantitative estimate of drug-likeness (QED) is 0.748. The second-order valence-electron chi connectivity index (χ2n) is 6.27. The van der Waals surface area contributed by atoms with Gasteiger partial charge in [-0.25, -0.2) is 0 Å². The van der Waals surface area contributed by atoms with E-state index in [2.05, 4.69) is 15.4 Å². The zero-order valence-electron chi connectivity index (χ0n) is 14.7. The molecular formula is C19H22N4O2. The number of tetrazole rings is 1. The van der Waals surface area contributed by atoms with Crippen molar-refractivity contribution in [3.63, 3.8) is 0 Å². The zero-order chi connectivity index (χ0) is 17.8.